The Hall–Kier alpha value is -1.65. The van der Waals surface area contributed by atoms with E-state index < -0.39 is 11.7 Å². The molecule has 0 bridgehead atoms. The summed E-state index contributed by atoms with van der Waals surface area (Å²) in [5.41, 5.74) is 2.50. The van der Waals surface area contributed by atoms with E-state index in [0.29, 0.717) is 6.71 Å². The van der Waals surface area contributed by atoms with Gasteiger partial charge in [-0.25, -0.2) is 0 Å². The fourth-order valence-electron chi connectivity index (χ4n) is 2.03. The average molecular weight is 265 g/mol. The monoisotopic (exact) mass is 265 g/mol. The molecule has 1 aliphatic rings. The lowest BCUT2D eigenvalue weighted by Gasteiger charge is -2.26. The Kier molecular flexibility index (Phi) is 3.48. The summed E-state index contributed by atoms with van der Waals surface area (Å²) in [4.78, 5) is 1.87. The topological polar surface area (TPSA) is 3.24 Å². The van der Waals surface area contributed by atoms with E-state index in [4.69, 9.17) is 0 Å². The molecule has 100 valence electrons. The van der Waals surface area contributed by atoms with E-state index in [1.807, 2.05) is 31.1 Å². The van der Waals surface area contributed by atoms with Crippen molar-refractivity contribution in [1.29, 1.82) is 0 Å². The summed E-state index contributed by atoms with van der Waals surface area (Å²) in [7, 11) is 0. The van der Waals surface area contributed by atoms with Gasteiger partial charge < -0.3 is 4.90 Å². The lowest BCUT2D eigenvalue weighted by atomic mass is 9.42. The van der Waals surface area contributed by atoms with Crippen LogP contribution in [0.25, 0.3) is 0 Å². The van der Waals surface area contributed by atoms with E-state index in [1.165, 1.54) is 23.1 Å². The lowest BCUT2D eigenvalue weighted by Crippen LogP contribution is -2.24. The molecule has 0 saturated heterocycles. The van der Waals surface area contributed by atoms with Gasteiger partial charge in [0.1, 0.15) is 0 Å². The number of alkyl halides is 3. The fourth-order valence-corrected chi connectivity index (χ4v) is 2.03. The van der Waals surface area contributed by atoms with Gasteiger partial charge >= 0.3 is 6.18 Å². The van der Waals surface area contributed by atoms with Gasteiger partial charge in [0.15, 0.2) is 6.71 Å². The van der Waals surface area contributed by atoms with E-state index in [1.54, 1.807) is 0 Å². The average Bonchev–Trinajstić information content (AvgIpc) is 2.34. The van der Waals surface area contributed by atoms with Crippen LogP contribution in [0.1, 0.15) is 19.4 Å². The molecular formula is C14H15BF3N. The summed E-state index contributed by atoms with van der Waals surface area (Å²) in [5.74, 6) is 0. The van der Waals surface area contributed by atoms with Crippen molar-refractivity contribution in [2.24, 2.45) is 0 Å². The van der Waals surface area contributed by atoms with Crippen LogP contribution in [-0.2, 0) is 6.18 Å². The van der Waals surface area contributed by atoms with Crippen LogP contribution in [0, 0.1) is 0 Å². The summed E-state index contributed by atoms with van der Waals surface area (Å²) in [6.45, 7) is 6.55. The molecular weight excluding hydrogens is 250 g/mol. The largest absolute Gasteiger partial charge is 0.416 e. The molecule has 0 saturated carbocycles. The SMILES string of the molecule is CB1C(C)=CN(c2ccc(C(F)(F)F)cc2)C=C1C. The Morgan fingerprint density at radius 3 is 1.84 bits per heavy atom. The molecule has 0 aromatic heterocycles. The molecule has 0 atom stereocenters. The van der Waals surface area contributed by atoms with Crippen molar-refractivity contribution in [3.63, 3.8) is 0 Å². The quantitative estimate of drug-likeness (QED) is 0.674. The first kappa shape index (κ1) is 13.8. The zero-order chi connectivity index (χ0) is 14.2. The molecule has 1 aromatic carbocycles. The summed E-state index contributed by atoms with van der Waals surface area (Å²) >= 11 is 0. The molecule has 0 radical (unpaired) electrons. The molecule has 1 heterocycles. The molecule has 1 aliphatic heterocycles. The summed E-state index contributed by atoms with van der Waals surface area (Å²) in [6, 6.07) is 5.21. The Bertz CT molecular complexity index is 509. The maximum absolute atomic E-state index is 12.5. The van der Waals surface area contributed by atoms with Crippen molar-refractivity contribution in [3.8, 4) is 0 Å². The van der Waals surface area contributed by atoms with Gasteiger partial charge in [-0.15, -0.1) is 0 Å². The van der Waals surface area contributed by atoms with E-state index in [0.717, 1.165) is 17.8 Å². The predicted molar refractivity (Wildman–Crippen MR) is 73.1 cm³/mol. The van der Waals surface area contributed by atoms with E-state index in [9.17, 15) is 13.2 Å². The smallest absolute Gasteiger partial charge is 0.326 e. The fraction of sp³-hybridized carbons (Fsp3) is 0.286. The number of benzene rings is 1. The van der Waals surface area contributed by atoms with Crippen LogP contribution in [0.15, 0.2) is 47.6 Å². The molecule has 0 spiro atoms. The zero-order valence-electron chi connectivity index (χ0n) is 11.1. The number of anilines is 1. The lowest BCUT2D eigenvalue weighted by molar-refractivity contribution is -0.137. The minimum Gasteiger partial charge on any atom is -0.326 e. The number of hydrogen-bond donors (Lipinski definition) is 0. The third kappa shape index (κ3) is 2.86. The second-order valence-corrected chi connectivity index (χ2v) is 4.92. The van der Waals surface area contributed by atoms with Crippen LogP contribution in [0.5, 0.6) is 0 Å². The Labute approximate surface area is 111 Å². The molecule has 0 fully saturated rings. The van der Waals surface area contributed by atoms with E-state index in [-0.39, 0.29) is 0 Å². The van der Waals surface area contributed by atoms with Crippen molar-refractivity contribution in [2.75, 3.05) is 4.90 Å². The van der Waals surface area contributed by atoms with Crippen LogP contribution in [0.4, 0.5) is 18.9 Å². The molecule has 0 amide bonds. The van der Waals surface area contributed by atoms with Crippen molar-refractivity contribution in [2.45, 2.75) is 26.8 Å². The highest BCUT2D eigenvalue weighted by molar-refractivity contribution is 6.72. The number of nitrogens with zero attached hydrogens (tertiary/aromatic N) is 1. The maximum atomic E-state index is 12.5. The van der Waals surface area contributed by atoms with Gasteiger partial charge in [0.25, 0.3) is 0 Å². The Morgan fingerprint density at radius 1 is 0.947 bits per heavy atom. The number of allylic oxidation sites excluding steroid dienone is 2. The van der Waals surface area contributed by atoms with Crippen LogP contribution >= 0.6 is 0 Å². The molecule has 1 aromatic rings. The second kappa shape index (κ2) is 4.80. The first-order valence-electron chi connectivity index (χ1n) is 6.11. The molecule has 19 heavy (non-hydrogen) atoms. The summed E-state index contributed by atoms with van der Waals surface area (Å²) < 4.78 is 37.5. The second-order valence-electron chi connectivity index (χ2n) is 4.92. The van der Waals surface area contributed by atoms with Crippen molar-refractivity contribution < 1.29 is 13.2 Å². The van der Waals surface area contributed by atoms with E-state index in [2.05, 4.69) is 6.82 Å². The minimum absolute atomic E-state index is 0.380. The van der Waals surface area contributed by atoms with E-state index >= 15 is 0 Å². The number of halogens is 3. The predicted octanol–water partition coefficient (Wildman–Crippen LogP) is 4.54. The van der Waals surface area contributed by atoms with Crippen LogP contribution < -0.4 is 4.90 Å². The highest BCUT2D eigenvalue weighted by Crippen LogP contribution is 2.31. The summed E-state index contributed by atoms with van der Waals surface area (Å²) in [6.07, 6.45) is -0.368. The number of hydrogen-bond acceptors (Lipinski definition) is 1. The van der Waals surface area contributed by atoms with Gasteiger partial charge in [0.2, 0.25) is 0 Å². The Balaban J connectivity index is 2.29. The molecule has 2 rings (SSSR count). The molecule has 5 heteroatoms. The van der Waals surface area contributed by atoms with Gasteiger partial charge in [-0.2, -0.15) is 13.2 Å². The Morgan fingerprint density at radius 2 is 1.42 bits per heavy atom. The standard InChI is InChI=1S/C14H15BF3N/c1-10-8-19(9-11(2)15(10)3)13-6-4-12(5-7-13)14(16,17)18/h4-9H,1-3H3. The molecule has 0 N–H and O–H groups in total. The number of rotatable bonds is 1. The normalized spacial score (nSPS) is 16.3. The molecule has 0 aliphatic carbocycles. The van der Waals surface area contributed by atoms with Gasteiger partial charge in [-0.3, -0.25) is 0 Å². The van der Waals surface area contributed by atoms with Crippen LogP contribution in [0.2, 0.25) is 6.82 Å². The van der Waals surface area contributed by atoms with Gasteiger partial charge in [0, 0.05) is 5.69 Å². The third-order valence-corrected chi connectivity index (χ3v) is 3.54. The van der Waals surface area contributed by atoms with Crippen LogP contribution in [0.3, 0.4) is 0 Å². The first-order chi connectivity index (χ1) is 8.79. The van der Waals surface area contributed by atoms with Crippen molar-refractivity contribution in [1.82, 2.24) is 0 Å². The zero-order valence-corrected chi connectivity index (χ0v) is 11.1. The molecule has 1 nitrogen and oxygen atoms in total. The third-order valence-electron chi connectivity index (χ3n) is 3.54. The highest BCUT2D eigenvalue weighted by atomic mass is 19.4. The highest BCUT2D eigenvalue weighted by Gasteiger charge is 2.30. The van der Waals surface area contributed by atoms with Gasteiger partial charge in [0.05, 0.1) is 5.56 Å². The van der Waals surface area contributed by atoms with Crippen LogP contribution in [-0.4, -0.2) is 6.71 Å². The van der Waals surface area contributed by atoms with Crippen molar-refractivity contribution in [3.05, 3.63) is 53.2 Å². The van der Waals surface area contributed by atoms with Gasteiger partial charge in [-0.05, 0) is 50.5 Å². The summed E-state index contributed by atoms with van der Waals surface area (Å²) in [5, 5.41) is 0. The molecule has 0 unspecified atom stereocenters. The first-order valence-corrected chi connectivity index (χ1v) is 6.11. The van der Waals surface area contributed by atoms with Gasteiger partial charge in [-0.1, -0.05) is 17.8 Å². The minimum atomic E-state index is -4.29. The maximum Gasteiger partial charge on any atom is 0.416 e. The van der Waals surface area contributed by atoms with Crippen molar-refractivity contribution >= 4 is 12.4 Å².